The van der Waals surface area contributed by atoms with E-state index in [9.17, 15) is 4.79 Å². The Kier molecular flexibility index (Phi) is 4.06. The molecule has 3 rings (SSSR count). The number of fused-ring (bicyclic) bond motifs is 1. The molecule has 5 nitrogen and oxygen atoms in total. The van der Waals surface area contributed by atoms with Crippen molar-refractivity contribution in [2.45, 2.75) is 13.0 Å². The maximum atomic E-state index is 12.2. The molecule has 1 amide bonds. The maximum Gasteiger partial charge on any atom is 0.246 e. The minimum absolute atomic E-state index is 0.145. The molecule has 0 saturated heterocycles. The zero-order valence-electron chi connectivity index (χ0n) is 11.9. The van der Waals surface area contributed by atoms with Crippen LogP contribution in [-0.4, -0.2) is 18.7 Å². The zero-order chi connectivity index (χ0) is 15.5. The Bertz CT molecular complexity index is 688. The highest BCUT2D eigenvalue weighted by Gasteiger charge is 2.16. The molecular formula is C16H15ClN2O3. The summed E-state index contributed by atoms with van der Waals surface area (Å²) in [6.45, 7) is 2.00. The van der Waals surface area contributed by atoms with Crippen LogP contribution in [0.5, 0.6) is 11.5 Å². The summed E-state index contributed by atoms with van der Waals surface area (Å²) in [6.07, 6.45) is 0. The molecule has 22 heavy (non-hydrogen) atoms. The number of halogens is 1. The van der Waals surface area contributed by atoms with E-state index in [4.69, 9.17) is 21.1 Å². The highest BCUT2D eigenvalue weighted by Crippen LogP contribution is 2.34. The van der Waals surface area contributed by atoms with Gasteiger partial charge in [-0.25, -0.2) is 0 Å². The second kappa shape index (κ2) is 6.15. The quantitative estimate of drug-likeness (QED) is 0.905. The minimum Gasteiger partial charge on any atom is -0.454 e. The number of carbonyl (C=O) groups is 1. The van der Waals surface area contributed by atoms with Crippen LogP contribution in [0.1, 0.15) is 6.92 Å². The molecule has 0 radical (unpaired) electrons. The molecule has 6 heteroatoms. The molecule has 1 aliphatic rings. The molecular weight excluding hydrogens is 304 g/mol. The molecule has 0 aliphatic carbocycles. The molecule has 0 unspecified atom stereocenters. The van der Waals surface area contributed by atoms with Gasteiger partial charge in [0, 0.05) is 22.5 Å². The highest BCUT2D eigenvalue weighted by atomic mass is 35.5. The Labute approximate surface area is 133 Å². The van der Waals surface area contributed by atoms with Gasteiger partial charge in [-0.2, -0.15) is 0 Å². The van der Waals surface area contributed by atoms with Gasteiger partial charge < -0.3 is 20.1 Å². The average molecular weight is 319 g/mol. The molecule has 0 saturated carbocycles. The van der Waals surface area contributed by atoms with E-state index >= 15 is 0 Å². The van der Waals surface area contributed by atoms with Gasteiger partial charge in [-0.05, 0) is 43.3 Å². The monoisotopic (exact) mass is 318 g/mol. The highest BCUT2D eigenvalue weighted by molar-refractivity contribution is 6.30. The van der Waals surface area contributed by atoms with Crippen molar-refractivity contribution in [3.8, 4) is 11.5 Å². The fourth-order valence-electron chi connectivity index (χ4n) is 2.09. The Balaban J connectivity index is 1.62. The smallest absolute Gasteiger partial charge is 0.246 e. The van der Waals surface area contributed by atoms with E-state index in [1.165, 1.54) is 0 Å². The van der Waals surface area contributed by atoms with Crippen LogP contribution in [0.25, 0.3) is 0 Å². The van der Waals surface area contributed by atoms with E-state index in [-0.39, 0.29) is 12.7 Å². The molecule has 1 heterocycles. The third-order valence-corrected chi connectivity index (χ3v) is 3.51. The Hall–Kier alpha value is -2.40. The Morgan fingerprint density at radius 1 is 1.09 bits per heavy atom. The van der Waals surface area contributed by atoms with Crippen LogP contribution in [0.3, 0.4) is 0 Å². The van der Waals surface area contributed by atoms with Crippen molar-refractivity contribution in [1.82, 2.24) is 0 Å². The third-order valence-electron chi connectivity index (χ3n) is 3.26. The number of hydrogen-bond donors (Lipinski definition) is 2. The lowest BCUT2D eigenvalue weighted by Gasteiger charge is -2.15. The van der Waals surface area contributed by atoms with Crippen LogP contribution in [0.4, 0.5) is 11.4 Å². The van der Waals surface area contributed by atoms with E-state index in [1.807, 2.05) is 12.1 Å². The fourth-order valence-corrected chi connectivity index (χ4v) is 2.21. The van der Waals surface area contributed by atoms with Gasteiger partial charge in [-0.3, -0.25) is 4.79 Å². The summed E-state index contributed by atoms with van der Waals surface area (Å²) in [4.78, 5) is 12.2. The van der Waals surface area contributed by atoms with Gasteiger partial charge >= 0.3 is 0 Å². The van der Waals surface area contributed by atoms with Gasteiger partial charge in [0.1, 0.15) is 6.04 Å². The minimum atomic E-state index is -0.397. The molecule has 0 aromatic heterocycles. The van der Waals surface area contributed by atoms with Crippen molar-refractivity contribution in [2.75, 3.05) is 17.4 Å². The van der Waals surface area contributed by atoms with Gasteiger partial charge in [-0.1, -0.05) is 11.6 Å². The van der Waals surface area contributed by atoms with Crippen LogP contribution >= 0.6 is 11.6 Å². The number of rotatable bonds is 4. The first-order valence-corrected chi connectivity index (χ1v) is 7.22. The molecule has 0 fully saturated rings. The Morgan fingerprint density at radius 2 is 1.77 bits per heavy atom. The standard InChI is InChI=1S/C16H15ClN2O3/c1-10(18-12-4-2-11(17)3-5-12)16(20)19-13-6-7-14-15(8-13)22-9-21-14/h2-8,10,18H,9H2,1H3,(H,19,20)/t10-/m0/s1. The van der Waals surface area contributed by atoms with Crippen molar-refractivity contribution in [2.24, 2.45) is 0 Å². The number of amides is 1. The molecule has 1 aliphatic heterocycles. The lowest BCUT2D eigenvalue weighted by atomic mass is 10.2. The first kappa shape index (κ1) is 14.5. The average Bonchev–Trinajstić information content (AvgIpc) is 2.97. The summed E-state index contributed by atoms with van der Waals surface area (Å²) < 4.78 is 10.5. The molecule has 2 aromatic carbocycles. The van der Waals surface area contributed by atoms with Crippen molar-refractivity contribution in [3.05, 3.63) is 47.5 Å². The van der Waals surface area contributed by atoms with E-state index in [2.05, 4.69) is 10.6 Å². The van der Waals surface area contributed by atoms with Crippen molar-refractivity contribution in [1.29, 1.82) is 0 Å². The van der Waals surface area contributed by atoms with Crippen molar-refractivity contribution in [3.63, 3.8) is 0 Å². The summed E-state index contributed by atoms with van der Waals surface area (Å²) in [7, 11) is 0. The first-order valence-electron chi connectivity index (χ1n) is 6.84. The maximum absolute atomic E-state index is 12.2. The third kappa shape index (κ3) is 3.26. The molecule has 2 N–H and O–H groups in total. The van der Waals surface area contributed by atoms with Gasteiger partial charge in [-0.15, -0.1) is 0 Å². The summed E-state index contributed by atoms with van der Waals surface area (Å²) in [5.41, 5.74) is 1.50. The second-order valence-corrected chi connectivity index (χ2v) is 5.37. The predicted octanol–water partition coefficient (Wildman–Crippen LogP) is 3.51. The van der Waals surface area contributed by atoms with E-state index in [0.29, 0.717) is 22.2 Å². The molecule has 114 valence electrons. The number of nitrogens with one attached hydrogen (secondary N) is 2. The van der Waals surface area contributed by atoms with Gasteiger partial charge in [0.05, 0.1) is 0 Å². The largest absolute Gasteiger partial charge is 0.454 e. The fraction of sp³-hybridized carbons (Fsp3) is 0.188. The van der Waals surface area contributed by atoms with Crippen molar-refractivity contribution >= 4 is 28.9 Å². The Morgan fingerprint density at radius 3 is 2.55 bits per heavy atom. The van der Waals surface area contributed by atoms with Crippen LogP contribution in [0.15, 0.2) is 42.5 Å². The van der Waals surface area contributed by atoms with Crippen LogP contribution in [0.2, 0.25) is 5.02 Å². The molecule has 1 atom stereocenters. The van der Waals surface area contributed by atoms with E-state index in [1.54, 1.807) is 37.3 Å². The predicted molar refractivity (Wildman–Crippen MR) is 85.7 cm³/mol. The van der Waals surface area contributed by atoms with Crippen LogP contribution in [-0.2, 0) is 4.79 Å². The number of ether oxygens (including phenoxy) is 2. The van der Waals surface area contributed by atoms with Crippen LogP contribution in [0, 0.1) is 0 Å². The molecule has 2 aromatic rings. The number of benzene rings is 2. The lowest BCUT2D eigenvalue weighted by Crippen LogP contribution is -2.31. The molecule has 0 bridgehead atoms. The topological polar surface area (TPSA) is 59.6 Å². The normalized spacial score (nSPS) is 13.5. The SMILES string of the molecule is C[C@H](Nc1ccc(Cl)cc1)C(=O)Nc1ccc2c(c1)OCO2. The zero-order valence-corrected chi connectivity index (χ0v) is 12.7. The first-order chi connectivity index (χ1) is 10.6. The summed E-state index contributed by atoms with van der Waals surface area (Å²) in [5, 5.41) is 6.61. The number of anilines is 2. The van der Waals surface area contributed by atoms with Gasteiger partial charge in [0.25, 0.3) is 0 Å². The second-order valence-electron chi connectivity index (χ2n) is 4.93. The van der Waals surface area contributed by atoms with Crippen LogP contribution < -0.4 is 20.1 Å². The summed E-state index contributed by atoms with van der Waals surface area (Å²) in [5.74, 6) is 1.18. The number of carbonyl (C=O) groups excluding carboxylic acids is 1. The van der Waals surface area contributed by atoms with Gasteiger partial charge in [0.15, 0.2) is 11.5 Å². The summed E-state index contributed by atoms with van der Waals surface area (Å²) >= 11 is 5.84. The summed E-state index contributed by atoms with van der Waals surface area (Å²) in [6, 6.07) is 12.1. The van der Waals surface area contributed by atoms with Crippen molar-refractivity contribution < 1.29 is 14.3 Å². The lowest BCUT2D eigenvalue weighted by molar-refractivity contribution is -0.116. The van der Waals surface area contributed by atoms with E-state index in [0.717, 1.165) is 5.69 Å². The van der Waals surface area contributed by atoms with Gasteiger partial charge in [0.2, 0.25) is 12.7 Å². The molecule has 0 spiro atoms. The van der Waals surface area contributed by atoms with E-state index < -0.39 is 6.04 Å². The number of hydrogen-bond acceptors (Lipinski definition) is 4.